The van der Waals surface area contributed by atoms with Crippen molar-refractivity contribution < 1.29 is 9.90 Å². The van der Waals surface area contributed by atoms with Gasteiger partial charge in [-0.2, -0.15) is 0 Å². The Kier molecular flexibility index (Phi) is 5.53. The van der Waals surface area contributed by atoms with Gasteiger partial charge in [-0.1, -0.05) is 91.0 Å². The Morgan fingerprint density at radius 3 is 1.41 bits per heavy atom. The Bertz CT molecular complexity index is 1040. The Morgan fingerprint density at radius 2 is 1.00 bits per heavy atom. The van der Waals surface area contributed by atoms with Crippen LogP contribution in [0.2, 0.25) is 0 Å². The smallest absolute Gasteiger partial charge is 0.303 e. The first kappa shape index (κ1) is 18.7. The lowest BCUT2D eigenvalue weighted by molar-refractivity contribution is -0.136. The summed E-state index contributed by atoms with van der Waals surface area (Å²) < 4.78 is 0. The molecule has 142 valence electrons. The van der Waals surface area contributed by atoms with Gasteiger partial charge in [0.25, 0.3) is 0 Å². The van der Waals surface area contributed by atoms with Gasteiger partial charge in [-0.05, 0) is 57.5 Å². The van der Waals surface area contributed by atoms with Crippen molar-refractivity contribution in [3.63, 3.8) is 0 Å². The average molecular weight is 378 g/mol. The Morgan fingerprint density at radius 1 is 0.586 bits per heavy atom. The number of hydrogen-bond donors (Lipinski definition) is 1. The van der Waals surface area contributed by atoms with E-state index in [9.17, 15) is 9.90 Å². The lowest BCUT2D eigenvalue weighted by Gasteiger charge is -2.18. The molecule has 0 spiro atoms. The third kappa shape index (κ3) is 4.27. The molecule has 0 aliphatic heterocycles. The quantitative estimate of drug-likeness (QED) is 0.405. The van der Waals surface area contributed by atoms with E-state index in [1.54, 1.807) is 0 Å². The molecule has 0 radical (unpaired) electrons. The van der Waals surface area contributed by atoms with Crippen molar-refractivity contribution in [1.82, 2.24) is 0 Å². The van der Waals surface area contributed by atoms with Gasteiger partial charge >= 0.3 is 5.97 Å². The van der Waals surface area contributed by atoms with Gasteiger partial charge in [0.15, 0.2) is 0 Å². The Labute approximate surface area is 171 Å². The van der Waals surface area contributed by atoms with Gasteiger partial charge in [-0.25, -0.2) is 0 Å². The molecule has 0 bridgehead atoms. The fourth-order valence-electron chi connectivity index (χ4n) is 3.72. The van der Waals surface area contributed by atoms with Crippen molar-refractivity contribution in [1.29, 1.82) is 0 Å². The summed E-state index contributed by atoms with van der Waals surface area (Å²) >= 11 is 0. The normalized spacial score (nSPS) is 10.6. The highest BCUT2D eigenvalue weighted by Crippen LogP contribution is 2.38. The van der Waals surface area contributed by atoms with Crippen molar-refractivity contribution in [3.05, 3.63) is 109 Å². The van der Waals surface area contributed by atoms with E-state index in [2.05, 4.69) is 48.5 Å². The molecule has 2 heteroatoms. The third-order valence-electron chi connectivity index (χ3n) is 5.12. The van der Waals surface area contributed by atoms with Crippen molar-refractivity contribution in [3.8, 4) is 33.4 Å². The molecule has 0 amide bonds. The summed E-state index contributed by atoms with van der Waals surface area (Å²) in [5.74, 6) is -0.782. The maximum atomic E-state index is 11.4. The van der Waals surface area contributed by atoms with Crippen LogP contribution in [0.5, 0.6) is 0 Å². The Hall–Kier alpha value is -3.65. The van der Waals surface area contributed by atoms with Gasteiger partial charge in [0.05, 0.1) is 0 Å². The molecule has 0 fully saturated rings. The highest BCUT2D eigenvalue weighted by molar-refractivity contribution is 5.85. The average Bonchev–Trinajstić information content (AvgIpc) is 2.79. The summed E-state index contributed by atoms with van der Waals surface area (Å²) in [6.07, 6.45) is 0.587. The summed E-state index contributed by atoms with van der Waals surface area (Å²) in [5.41, 5.74) is 7.73. The zero-order chi connectivity index (χ0) is 20.1. The number of aliphatic carboxylic acids is 1. The van der Waals surface area contributed by atoms with Crippen LogP contribution in [0.15, 0.2) is 103 Å². The van der Waals surface area contributed by atoms with Crippen molar-refractivity contribution >= 4 is 5.97 Å². The molecular weight excluding hydrogens is 356 g/mol. The molecule has 0 unspecified atom stereocenters. The largest absolute Gasteiger partial charge is 0.481 e. The summed E-state index contributed by atoms with van der Waals surface area (Å²) in [6, 6.07) is 35.1. The summed E-state index contributed by atoms with van der Waals surface area (Å²) in [7, 11) is 0. The van der Waals surface area contributed by atoms with Crippen LogP contribution in [-0.4, -0.2) is 11.1 Å². The second-order valence-electron chi connectivity index (χ2n) is 7.04. The first-order valence-electron chi connectivity index (χ1n) is 9.77. The van der Waals surface area contributed by atoms with Gasteiger partial charge in [0, 0.05) is 6.42 Å². The molecule has 0 aliphatic carbocycles. The van der Waals surface area contributed by atoms with E-state index in [-0.39, 0.29) is 6.42 Å². The summed E-state index contributed by atoms with van der Waals surface area (Å²) in [6.45, 7) is 0. The van der Waals surface area contributed by atoms with Crippen LogP contribution in [-0.2, 0) is 11.2 Å². The van der Waals surface area contributed by atoms with Gasteiger partial charge in [0.2, 0.25) is 0 Å². The van der Waals surface area contributed by atoms with Crippen LogP contribution in [0.1, 0.15) is 12.0 Å². The van der Waals surface area contributed by atoms with E-state index < -0.39 is 5.97 Å². The van der Waals surface area contributed by atoms with Crippen LogP contribution < -0.4 is 0 Å². The molecule has 2 nitrogen and oxygen atoms in total. The fraction of sp³-hybridized carbons (Fsp3) is 0.0741. The second-order valence-corrected chi connectivity index (χ2v) is 7.04. The molecule has 0 heterocycles. The lowest BCUT2D eigenvalue weighted by Crippen LogP contribution is -2.02. The molecule has 0 saturated carbocycles. The zero-order valence-electron chi connectivity index (χ0n) is 16.1. The van der Waals surface area contributed by atoms with E-state index in [0.717, 1.165) is 38.9 Å². The fourth-order valence-corrected chi connectivity index (χ4v) is 3.72. The van der Waals surface area contributed by atoms with Gasteiger partial charge in [-0.15, -0.1) is 0 Å². The van der Waals surface area contributed by atoms with E-state index >= 15 is 0 Å². The number of rotatable bonds is 6. The highest BCUT2D eigenvalue weighted by Gasteiger charge is 2.16. The minimum atomic E-state index is -0.782. The molecule has 4 rings (SSSR count). The molecule has 0 aromatic heterocycles. The molecule has 4 aromatic rings. The standard InChI is InChI=1S/C27H22O2/c28-27(29)17-16-24-25(21-12-6-2-7-13-21)18-23(20-10-4-1-5-11-20)19-26(24)22-14-8-3-9-15-22/h1-15,18-19H,16-17H2,(H,28,29). The molecule has 1 N–H and O–H groups in total. The van der Waals surface area contributed by atoms with Crippen molar-refractivity contribution in [2.24, 2.45) is 0 Å². The minimum absolute atomic E-state index is 0.102. The highest BCUT2D eigenvalue weighted by atomic mass is 16.4. The van der Waals surface area contributed by atoms with Crippen LogP contribution in [0, 0.1) is 0 Å². The number of carbonyl (C=O) groups is 1. The number of hydrogen-bond acceptors (Lipinski definition) is 1. The predicted octanol–water partition coefficient (Wildman–Crippen LogP) is 6.70. The first-order valence-corrected chi connectivity index (χ1v) is 9.77. The zero-order valence-corrected chi connectivity index (χ0v) is 16.1. The third-order valence-corrected chi connectivity index (χ3v) is 5.12. The predicted molar refractivity (Wildman–Crippen MR) is 119 cm³/mol. The number of carboxylic acid groups (broad SMARTS) is 1. The molecule has 0 aliphatic rings. The summed E-state index contributed by atoms with van der Waals surface area (Å²) in [4.78, 5) is 11.4. The van der Waals surface area contributed by atoms with E-state index in [1.165, 1.54) is 0 Å². The monoisotopic (exact) mass is 378 g/mol. The number of carboxylic acids is 1. The van der Waals surface area contributed by atoms with Crippen LogP contribution in [0.3, 0.4) is 0 Å². The van der Waals surface area contributed by atoms with E-state index in [1.807, 2.05) is 54.6 Å². The van der Waals surface area contributed by atoms with Gasteiger partial charge in [0.1, 0.15) is 0 Å². The van der Waals surface area contributed by atoms with E-state index in [4.69, 9.17) is 0 Å². The summed E-state index contributed by atoms with van der Waals surface area (Å²) in [5, 5.41) is 9.33. The molecule has 29 heavy (non-hydrogen) atoms. The minimum Gasteiger partial charge on any atom is -0.481 e. The van der Waals surface area contributed by atoms with Crippen molar-refractivity contribution in [2.75, 3.05) is 0 Å². The SMILES string of the molecule is O=C(O)CCc1c(-c2ccccc2)cc(-c2ccccc2)cc1-c1ccccc1. The lowest BCUT2D eigenvalue weighted by atomic mass is 9.86. The maximum absolute atomic E-state index is 11.4. The molecular formula is C27H22O2. The van der Waals surface area contributed by atoms with Crippen LogP contribution in [0.25, 0.3) is 33.4 Å². The Balaban J connectivity index is 1.99. The topological polar surface area (TPSA) is 37.3 Å². The van der Waals surface area contributed by atoms with E-state index in [0.29, 0.717) is 6.42 Å². The molecule has 4 aromatic carbocycles. The first-order chi connectivity index (χ1) is 14.2. The second kappa shape index (κ2) is 8.57. The van der Waals surface area contributed by atoms with Crippen LogP contribution in [0.4, 0.5) is 0 Å². The van der Waals surface area contributed by atoms with Crippen molar-refractivity contribution in [2.45, 2.75) is 12.8 Å². The van der Waals surface area contributed by atoms with Gasteiger partial charge < -0.3 is 5.11 Å². The molecule has 0 saturated heterocycles. The molecule has 0 atom stereocenters. The maximum Gasteiger partial charge on any atom is 0.303 e. The van der Waals surface area contributed by atoms with Crippen LogP contribution >= 0.6 is 0 Å². The van der Waals surface area contributed by atoms with Gasteiger partial charge in [-0.3, -0.25) is 4.79 Å². The number of benzene rings is 4.